The van der Waals surface area contributed by atoms with Gasteiger partial charge in [0.2, 0.25) is 0 Å². The molecule has 4 heteroatoms. The predicted molar refractivity (Wildman–Crippen MR) is 206 cm³/mol. The molecule has 0 heterocycles. The molecule has 0 aliphatic carbocycles. The average molecular weight is 743 g/mol. The van der Waals surface area contributed by atoms with E-state index in [4.69, 9.17) is 17.0 Å². The van der Waals surface area contributed by atoms with E-state index in [0.717, 1.165) is 15.9 Å². The molecule has 0 atom stereocenters. The number of rotatable bonds is 6. The Balaban J connectivity index is 0.000000215. The number of unbranched alkanes of at least 4 members (excludes halogenated alkanes) is 1. The van der Waals surface area contributed by atoms with Gasteiger partial charge in [0.25, 0.3) is 0 Å². The van der Waals surface area contributed by atoms with E-state index in [1.54, 1.807) is 0 Å². The summed E-state index contributed by atoms with van der Waals surface area (Å²) >= 11 is -0.826. The molecule has 0 N–H and O–H groups in total. The van der Waals surface area contributed by atoms with E-state index in [-0.39, 0.29) is 5.41 Å². The van der Waals surface area contributed by atoms with E-state index < -0.39 is 20.8 Å². The first-order chi connectivity index (χ1) is 22.2. The molecule has 46 heavy (non-hydrogen) atoms. The van der Waals surface area contributed by atoms with Gasteiger partial charge in [0.05, 0.1) is 0 Å². The molecular weight excluding hydrogens is 695 g/mol. The zero-order valence-electron chi connectivity index (χ0n) is 28.6. The molecule has 0 aromatic heterocycles. The van der Waals surface area contributed by atoms with Crippen LogP contribution in [0.5, 0.6) is 0 Å². The third-order valence-corrected chi connectivity index (χ3v) is 8.04. The van der Waals surface area contributed by atoms with Crippen LogP contribution < -0.4 is 0 Å². The Morgan fingerprint density at radius 1 is 0.717 bits per heavy atom. The van der Waals surface area contributed by atoms with Crippen molar-refractivity contribution in [2.24, 2.45) is 0 Å². The van der Waals surface area contributed by atoms with Gasteiger partial charge in [-0.25, -0.2) is 0 Å². The molecule has 0 aliphatic rings. The fraction of sp³-hybridized carbons (Fsp3) is 0.286. The molecule has 6 aromatic rings. The second kappa shape index (κ2) is 19.6. The van der Waals surface area contributed by atoms with Gasteiger partial charge in [0, 0.05) is 9.52 Å². The zero-order chi connectivity index (χ0) is 33.5. The molecule has 2 radical (unpaired) electrons. The first kappa shape index (κ1) is 38.2. The van der Waals surface area contributed by atoms with Gasteiger partial charge in [-0.05, 0) is 46.9 Å². The van der Waals surface area contributed by atoms with Crippen LogP contribution in [0.1, 0.15) is 64.2 Å². The molecule has 6 rings (SSSR count). The number of aryl methyl sites for hydroxylation is 2. The number of hydrogen-bond acceptors (Lipinski definition) is 0. The summed E-state index contributed by atoms with van der Waals surface area (Å²) < 4.78 is 0. The fourth-order valence-electron chi connectivity index (χ4n) is 5.55. The van der Waals surface area contributed by atoms with Crippen LogP contribution in [0, 0.1) is 0 Å². The molecule has 6 aromatic carbocycles. The van der Waals surface area contributed by atoms with Gasteiger partial charge in [0.15, 0.2) is 0 Å². The Bertz CT molecular complexity index is 1720. The van der Waals surface area contributed by atoms with Crippen LogP contribution in [0.25, 0.3) is 43.8 Å². The summed E-state index contributed by atoms with van der Waals surface area (Å²) in [6, 6.07) is 42.4. The summed E-state index contributed by atoms with van der Waals surface area (Å²) in [5.74, 6) is 0. The van der Waals surface area contributed by atoms with Gasteiger partial charge in [-0.2, -0.15) is 18.2 Å². The first-order valence-corrected chi connectivity index (χ1v) is 24.6. The van der Waals surface area contributed by atoms with Gasteiger partial charge in [-0.1, -0.05) is 126 Å². The normalized spacial score (nSPS) is 10.6. The van der Waals surface area contributed by atoms with Crippen molar-refractivity contribution >= 4 is 48.1 Å². The Morgan fingerprint density at radius 3 is 1.80 bits per heavy atom. The summed E-state index contributed by atoms with van der Waals surface area (Å²) in [5.41, 5.74) is 9.77. The van der Waals surface area contributed by atoms with Gasteiger partial charge < -0.3 is 0 Å². The summed E-state index contributed by atoms with van der Waals surface area (Å²) in [7, 11) is 11.0. The Labute approximate surface area is 299 Å². The van der Waals surface area contributed by atoms with Crippen LogP contribution in [-0.4, -0.2) is 9.52 Å². The molecule has 238 valence electrons. The van der Waals surface area contributed by atoms with E-state index in [0.29, 0.717) is 0 Å². The van der Waals surface area contributed by atoms with Crippen molar-refractivity contribution in [2.45, 2.75) is 78.8 Å². The van der Waals surface area contributed by atoms with Gasteiger partial charge in [-0.3, -0.25) is 0 Å². The van der Waals surface area contributed by atoms with Crippen molar-refractivity contribution in [1.82, 2.24) is 0 Å². The second-order valence-corrected chi connectivity index (χ2v) is 17.3. The minimum atomic E-state index is -0.826. The Hall–Kier alpha value is -2.22. The standard InChI is InChI=1S/C21H23.C19H19.C2H6Si.2ClH.Zr/c1-3-5-7-17-10-12-18(13-11-17)20-9-6-8-19-14-16(4-2)15-21(19)20;1-19(2,3)16-12-10-15(11-13-16)18-9-5-7-14-6-4-8-17(14)18;1-3-2;;;/h6,8-15H,3-5,7H2,1-2H3;4-13H,1-3H3;1-2H3;2*1H;/q2*-1;;;;+4/p-2. The summed E-state index contributed by atoms with van der Waals surface area (Å²) in [6.07, 6.45) is 4.83. The molecule has 0 unspecified atom stereocenters. The van der Waals surface area contributed by atoms with Crippen molar-refractivity contribution in [3.63, 3.8) is 0 Å². The molecular formula is C42H48Cl2SiZr. The average Bonchev–Trinajstić information content (AvgIpc) is 3.72. The topological polar surface area (TPSA) is 0 Å². The van der Waals surface area contributed by atoms with Gasteiger partial charge >= 0.3 is 37.9 Å². The van der Waals surface area contributed by atoms with Crippen LogP contribution in [0.4, 0.5) is 0 Å². The summed E-state index contributed by atoms with van der Waals surface area (Å²) in [6.45, 7) is 15.5. The van der Waals surface area contributed by atoms with Crippen molar-refractivity contribution in [3.8, 4) is 22.3 Å². The van der Waals surface area contributed by atoms with Gasteiger partial charge in [0.1, 0.15) is 0 Å². The maximum atomic E-state index is 4.93. The van der Waals surface area contributed by atoms with E-state index in [2.05, 4.69) is 163 Å². The third-order valence-electron chi connectivity index (χ3n) is 8.04. The molecule has 0 aliphatic heterocycles. The monoisotopic (exact) mass is 740 g/mol. The van der Waals surface area contributed by atoms with E-state index >= 15 is 0 Å². The summed E-state index contributed by atoms with van der Waals surface area (Å²) in [5, 5.41) is 5.40. The molecule has 0 amide bonds. The second-order valence-electron chi connectivity index (χ2n) is 12.6. The van der Waals surface area contributed by atoms with Crippen molar-refractivity contribution in [1.29, 1.82) is 0 Å². The van der Waals surface area contributed by atoms with E-state index in [1.807, 2.05) is 0 Å². The number of fused-ring (bicyclic) bond motifs is 2. The van der Waals surface area contributed by atoms with Crippen LogP contribution >= 0.6 is 17.0 Å². The molecule has 0 bridgehead atoms. The number of hydrogen-bond donors (Lipinski definition) is 0. The molecule has 0 spiro atoms. The van der Waals surface area contributed by atoms with Crippen LogP contribution in [0.15, 0.2) is 115 Å². The fourth-order valence-corrected chi connectivity index (χ4v) is 5.55. The maximum absolute atomic E-state index is 4.93. The van der Waals surface area contributed by atoms with Crippen LogP contribution in [0.2, 0.25) is 13.1 Å². The Kier molecular flexibility index (Phi) is 16.3. The Morgan fingerprint density at radius 2 is 1.26 bits per heavy atom. The van der Waals surface area contributed by atoms with E-state index in [9.17, 15) is 0 Å². The van der Waals surface area contributed by atoms with E-state index in [1.165, 1.54) is 79.8 Å². The zero-order valence-corrected chi connectivity index (χ0v) is 33.5. The van der Waals surface area contributed by atoms with Crippen molar-refractivity contribution < 1.29 is 20.8 Å². The van der Waals surface area contributed by atoms with Crippen LogP contribution in [-0.2, 0) is 39.1 Å². The summed E-state index contributed by atoms with van der Waals surface area (Å²) in [4.78, 5) is 0. The van der Waals surface area contributed by atoms with Gasteiger partial charge in [-0.15, -0.1) is 63.5 Å². The quantitative estimate of drug-likeness (QED) is 0.118. The van der Waals surface area contributed by atoms with Crippen molar-refractivity contribution in [3.05, 3.63) is 132 Å². The molecule has 0 saturated heterocycles. The third kappa shape index (κ3) is 10.9. The number of benzene rings is 4. The van der Waals surface area contributed by atoms with Crippen LogP contribution in [0.3, 0.4) is 0 Å². The molecule has 0 nitrogen and oxygen atoms in total. The molecule has 0 fully saturated rings. The minimum absolute atomic E-state index is 0.213. The predicted octanol–water partition coefficient (Wildman–Crippen LogP) is 13.8. The van der Waals surface area contributed by atoms with Crippen molar-refractivity contribution in [2.75, 3.05) is 0 Å². The molecule has 0 saturated carbocycles. The number of halogens is 2. The first-order valence-electron chi connectivity index (χ1n) is 16.3. The SMILES string of the molecule is CC(C)(C)c1ccc(-c2cccc3[cH-]ccc23)cc1.CCCCc1ccc(-c2cccc3[cH-]c(CC)cc23)cc1.C[Si]C.[Cl][Zr+2][Cl].